The molecule has 4 rings (SSSR count). The Morgan fingerprint density at radius 1 is 1.31 bits per heavy atom. The Labute approximate surface area is 187 Å². The number of ether oxygens (including phenoxy) is 1. The van der Waals surface area contributed by atoms with Gasteiger partial charge < -0.3 is 19.9 Å². The number of nitrogens with zero attached hydrogens (tertiary/aromatic N) is 3. The van der Waals surface area contributed by atoms with Crippen LogP contribution in [-0.4, -0.2) is 53.8 Å². The smallest absolute Gasteiger partial charge is 0.262 e. The molecule has 2 aromatic rings. The molecule has 0 spiro atoms. The van der Waals surface area contributed by atoms with Gasteiger partial charge in [-0.1, -0.05) is 6.07 Å². The molecular formula is C21H27N5O5S. The summed E-state index contributed by atoms with van der Waals surface area (Å²) in [5, 5.41) is 5.81. The first-order valence-electron chi connectivity index (χ1n) is 10.5. The number of aryl methyl sites for hydroxylation is 2. The number of piperidine rings is 1. The maximum atomic E-state index is 12.8. The van der Waals surface area contributed by atoms with Crippen LogP contribution in [0.2, 0.25) is 0 Å². The van der Waals surface area contributed by atoms with E-state index in [2.05, 4.69) is 15.6 Å². The van der Waals surface area contributed by atoms with Gasteiger partial charge in [0.05, 0.1) is 11.7 Å². The molecule has 0 bridgehead atoms. The molecule has 0 saturated carbocycles. The van der Waals surface area contributed by atoms with E-state index >= 15 is 0 Å². The van der Waals surface area contributed by atoms with Crippen molar-refractivity contribution in [3.8, 4) is 5.75 Å². The molecule has 0 radical (unpaired) electrons. The van der Waals surface area contributed by atoms with E-state index in [1.165, 1.54) is 10.5 Å². The highest BCUT2D eigenvalue weighted by Crippen LogP contribution is 2.31. The average molecular weight is 462 g/mol. The molecule has 2 amide bonds. The molecular weight excluding hydrogens is 434 g/mol. The minimum Gasteiger partial charge on any atom is -0.482 e. The van der Waals surface area contributed by atoms with E-state index in [1.807, 2.05) is 13.0 Å². The van der Waals surface area contributed by atoms with Crippen LogP contribution in [0.4, 0.5) is 5.69 Å². The van der Waals surface area contributed by atoms with Gasteiger partial charge in [-0.3, -0.25) is 9.59 Å². The van der Waals surface area contributed by atoms with Crippen LogP contribution in [0.25, 0.3) is 0 Å². The second kappa shape index (κ2) is 8.55. The standard InChI is InChI=1S/C21H27N5O5S/c1-13(16-4-5-18-17(10-16)24-19(27)12-31-18)22-21(28)15-6-8-26(9-7-15)32(29,30)20-11-25(3)14(2)23-20/h4-5,10-11,13,15H,6-9,12H2,1-3H3,(H,22,28)(H,24,27). The number of carbonyl (C=O) groups is 2. The first-order chi connectivity index (χ1) is 15.1. The van der Waals surface area contributed by atoms with Crippen LogP contribution in [0.3, 0.4) is 0 Å². The Morgan fingerprint density at radius 2 is 2.03 bits per heavy atom. The Hall–Kier alpha value is -2.92. The van der Waals surface area contributed by atoms with Gasteiger partial charge >= 0.3 is 0 Å². The number of aromatic nitrogens is 2. The molecule has 1 saturated heterocycles. The molecule has 172 valence electrons. The number of fused-ring (bicyclic) bond motifs is 1. The van der Waals surface area contributed by atoms with Gasteiger partial charge in [-0.2, -0.15) is 4.31 Å². The van der Waals surface area contributed by atoms with Gasteiger partial charge in [0.25, 0.3) is 15.9 Å². The van der Waals surface area contributed by atoms with Crippen molar-refractivity contribution >= 4 is 27.5 Å². The topological polar surface area (TPSA) is 123 Å². The van der Waals surface area contributed by atoms with E-state index in [4.69, 9.17) is 4.74 Å². The monoisotopic (exact) mass is 461 g/mol. The summed E-state index contributed by atoms with van der Waals surface area (Å²) in [7, 11) is -1.92. The van der Waals surface area contributed by atoms with Crippen molar-refractivity contribution in [2.45, 2.75) is 37.8 Å². The summed E-state index contributed by atoms with van der Waals surface area (Å²) in [6.07, 6.45) is 2.40. The van der Waals surface area contributed by atoms with E-state index < -0.39 is 10.0 Å². The number of rotatable bonds is 5. The molecule has 1 unspecified atom stereocenters. The molecule has 0 aliphatic carbocycles. The zero-order chi connectivity index (χ0) is 23.0. The van der Waals surface area contributed by atoms with Gasteiger partial charge in [0.15, 0.2) is 11.6 Å². The van der Waals surface area contributed by atoms with E-state index in [-0.39, 0.29) is 48.5 Å². The summed E-state index contributed by atoms with van der Waals surface area (Å²) in [6.45, 7) is 4.15. The number of carbonyl (C=O) groups excluding carboxylic acids is 2. The molecule has 3 heterocycles. The van der Waals surface area contributed by atoms with Crippen molar-refractivity contribution in [3.63, 3.8) is 0 Å². The Bertz CT molecular complexity index is 1130. The fourth-order valence-electron chi connectivity index (χ4n) is 3.93. The number of hydrogen-bond acceptors (Lipinski definition) is 6. The van der Waals surface area contributed by atoms with Crippen LogP contribution in [0.15, 0.2) is 29.4 Å². The van der Waals surface area contributed by atoms with Crippen molar-refractivity contribution in [1.82, 2.24) is 19.2 Å². The zero-order valence-corrected chi connectivity index (χ0v) is 19.1. The number of imidazole rings is 1. The molecule has 11 heteroatoms. The van der Waals surface area contributed by atoms with Crippen molar-refractivity contribution in [1.29, 1.82) is 0 Å². The maximum absolute atomic E-state index is 12.8. The van der Waals surface area contributed by atoms with E-state index in [0.29, 0.717) is 30.1 Å². The second-order valence-corrected chi connectivity index (χ2v) is 10.1. The number of nitrogens with one attached hydrogen (secondary N) is 2. The summed E-state index contributed by atoms with van der Waals surface area (Å²) in [6, 6.07) is 5.15. The summed E-state index contributed by atoms with van der Waals surface area (Å²) < 4.78 is 34.1. The fourth-order valence-corrected chi connectivity index (χ4v) is 5.42. The van der Waals surface area contributed by atoms with Crippen LogP contribution in [0, 0.1) is 12.8 Å². The third-order valence-electron chi connectivity index (χ3n) is 6.01. The fraction of sp³-hybridized carbons (Fsp3) is 0.476. The molecule has 32 heavy (non-hydrogen) atoms. The van der Waals surface area contributed by atoms with Crippen molar-refractivity contribution < 1.29 is 22.7 Å². The van der Waals surface area contributed by atoms with Crippen molar-refractivity contribution in [2.75, 3.05) is 25.0 Å². The predicted molar refractivity (Wildman–Crippen MR) is 117 cm³/mol. The number of anilines is 1. The lowest BCUT2D eigenvalue weighted by Crippen LogP contribution is -2.43. The van der Waals surface area contributed by atoms with Gasteiger partial charge in [0, 0.05) is 32.3 Å². The van der Waals surface area contributed by atoms with Gasteiger partial charge in [-0.25, -0.2) is 13.4 Å². The lowest BCUT2D eigenvalue weighted by atomic mass is 9.96. The first-order valence-corrected chi connectivity index (χ1v) is 12.0. The van der Waals surface area contributed by atoms with Crippen LogP contribution in [-0.2, 0) is 26.7 Å². The van der Waals surface area contributed by atoms with Gasteiger partial charge in [0.2, 0.25) is 5.91 Å². The lowest BCUT2D eigenvalue weighted by Gasteiger charge is -2.30. The van der Waals surface area contributed by atoms with Crippen LogP contribution in [0.5, 0.6) is 5.75 Å². The minimum atomic E-state index is -3.67. The number of sulfonamides is 1. The Kier molecular flexibility index (Phi) is 5.95. The summed E-state index contributed by atoms with van der Waals surface area (Å²) in [5.41, 5.74) is 1.43. The SMILES string of the molecule is Cc1nc(S(=O)(=O)N2CCC(C(=O)NC(C)c3ccc4c(c3)NC(=O)CO4)CC2)cn1C. The Balaban J connectivity index is 1.35. The number of hydrogen-bond donors (Lipinski definition) is 2. The highest BCUT2D eigenvalue weighted by molar-refractivity contribution is 7.89. The minimum absolute atomic E-state index is 0.00695. The quantitative estimate of drug-likeness (QED) is 0.693. The van der Waals surface area contributed by atoms with Crippen LogP contribution >= 0.6 is 0 Å². The highest BCUT2D eigenvalue weighted by Gasteiger charge is 2.34. The molecule has 10 nitrogen and oxygen atoms in total. The van der Waals surface area contributed by atoms with Gasteiger partial charge in [-0.05, 0) is 44.4 Å². The van der Waals surface area contributed by atoms with Crippen LogP contribution in [0.1, 0.15) is 37.2 Å². The molecule has 2 aliphatic rings. The summed E-state index contributed by atoms with van der Waals surface area (Å²) >= 11 is 0. The van der Waals surface area contributed by atoms with Crippen LogP contribution < -0.4 is 15.4 Å². The lowest BCUT2D eigenvalue weighted by molar-refractivity contribution is -0.126. The number of benzene rings is 1. The van der Waals surface area contributed by atoms with Gasteiger partial charge in [-0.15, -0.1) is 0 Å². The largest absolute Gasteiger partial charge is 0.482 e. The third-order valence-corrected chi connectivity index (χ3v) is 7.78. The van der Waals surface area contributed by atoms with Crippen molar-refractivity contribution in [3.05, 3.63) is 35.8 Å². The van der Waals surface area contributed by atoms with E-state index in [0.717, 1.165) is 5.56 Å². The molecule has 2 aliphatic heterocycles. The molecule has 2 N–H and O–H groups in total. The normalized spacial score (nSPS) is 18.4. The molecule has 1 fully saturated rings. The molecule has 1 aromatic carbocycles. The predicted octanol–water partition coefficient (Wildman–Crippen LogP) is 1.34. The maximum Gasteiger partial charge on any atom is 0.262 e. The average Bonchev–Trinajstić information content (AvgIpc) is 3.12. The highest BCUT2D eigenvalue weighted by atomic mass is 32.2. The van der Waals surface area contributed by atoms with E-state index in [9.17, 15) is 18.0 Å². The summed E-state index contributed by atoms with van der Waals surface area (Å²) in [5.74, 6) is 0.633. The third kappa shape index (κ3) is 4.35. The van der Waals surface area contributed by atoms with Gasteiger partial charge in [0.1, 0.15) is 11.6 Å². The van der Waals surface area contributed by atoms with E-state index in [1.54, 1.807) is 30.7 Å². The first kappa shape index (κ1) is 22.3. The molecule has 1 atom stereocenters. The summed E-state index contributed by atoms with van der Waals surface area (Å²) in [4.78, 5) is 28.5. The van der Waals surface area contributed by atoms with Crippen molar-refractivity contribution in [2.24, 2.45) is 13.0 Å². The molecule has 1 aromatic heterocycles. The Morgan fingerprint density at radius 3 is 2.69 bits per heavy atom. The second-order valence-electron chi connectivity index (χ2n) is 8.24. The zero-order valence-electron chi connectivity index (χ0n) is 18.3. The number of amides is 2.